The van der Waals surface area contributed by atoms with E-state index in [1.54, 1.807) is 7.11 Å². The van der Waals surface area contributed by atoms with Crippen LogP contribution in [0.4, 0.5) is 5.69 Å². The van der Waals surface area contributed by atoms with Gasteiger partial charge in [0.05, 0.1) is 12.8 Å². The van der Waals surface area contributed by atoms with Gasteiger partial charge in [0.15, 0.2) is 0 Å². The van der Waals surface area contributed by atoms with Crippen LogP contribution < -0.4 is 10.1 Å². The van der Waals surface area contributed by atoms with E-state index in [-0.39, 0.29) is 5.41 Å². The molecule has 0 heterocycles. The van der Waals surface area contributed by atoms with Gasteiger partial charge in [0.2, 0.25) is 0 Å². The number of anilines is 1. The van der Waals surface area contributed by atoms with Crippen molar-refractivity contribution >= 4 is 18.3 Å². The molecular weight excluding hydrogens is 218 g/mol. The average Bonchev–Trinajstić information content (AvgIpc) is 2.24. The molecule has 0 saturated carbocycles. The summed E-state index contributed by atoms with van der Waals surface area (Å²) in [5.41, 5.74) is 2.50. The molecule has 0 fully saturated rings. The van der Waals surface area contributed by atoms with Crippen LogP contribution in [0.3, 0.4) is 0 Å². The fourth-order valence-corrected chi connectivity index (χ4v) is 1.62. The number of benzene rings is 1. The maximum absolute atomic E-state index is 5.32. The van der Waals surface area contributed by atoms with Gasteiger partial charge in [-0.3, -0.25) is 0 Å². The summed E-state index contributed by atoms with van der Waals surface area (Å²) in [7, 11) is 1.69. The molecule has 1 aromatic carbocycles. The van der Waals surface area contributed by atoms with Crippen molar-refractivity contribution in [1.82, 2.24) is 0 Å². The van der Waals surface area contributed by atoms with Crippen LogP contribution >= 0.6 is 12.6 Å². The van der Waals surface area contributed by atoms with Crippen LogP contribution in [0.1, 0.15) is 26.3 Å². The van der Waals surface area contributed by atoms with Gasteiger partial charge < -0.3 is 10.1 Å². The molecule has 1 N–H and O–H groups in total. The Hall–Kier alpha value is -0.830. The molecule has 0 aromatic heterocycles. The number of ether oxygens (including phenoxy) is 1. The van der Waals surface area contributed by atoms with E-state index in [9.17, 15) is 0 Å². The van der Waals surface area contributed by atoms with Gasteiger partial charge in [0, 0.05) is 12.3 Å². The first-order chi connectivity index (χ1) is 7.49. The predicted octanol–water partition coefficient (Wildman–Crippen LogP) is 3.33. The van der Waals surface area contributed by atoms with Crippen molar-refractivity contribution in [1.29, 1.82) is 0 Å². The van der Waals surface area contributed by atoms with Crippen molar-refractivity contribution in [3.8, 4) is 5.75 Å². The van der Waals surface area contributed by atoms with Crippen molar-refractivity contribution in [2.45, 2.75) is 26.2 Å². The molecule has 1 rings (SSSR count). The summed E-state index contributed by atoms with van der Waals surface area (Å²) in [6, 6.07) is 6.29. The first kappa shape index (κ1) is 13.2. The van der Waals surface area contributed by atoms with Gasteiger partial charge in [0.25, 0.3) is 0 Å². The van der Waals surface area contributed by atoms with Crippen LogP contribution in [0.25, 0.3) is 0 Å². The van der Waals surface area contributed by atoms with E-state index in [0.29, 0.717) is 0 Å². The third-order valence-electron chi connectivity index (χ3n) is 2.49. The largest absolute Gasteiger partial charge is 0.495 e. The van der Waals surface area contributed by atoms with Crippen LogP contribution in [-0.4, -0.2) is 19.4 Å². The zero-order valence-electron chi connectivity index (χ0n) is 10.5. The number of methoxy groups -OCH3 is 1. The predicted molar refractivity (Wildman–Crippen MR) is 74.0 cm³/mol. The quantitative estimate of drug-likeness (QED) is 0.786. The molecule has 2 nitrogen and oxygen atoms in total. The topological polar surface area (TPSA) is 21.3 Å². The van der Waals surface area contributed by atoms with Gasteiger partial charge >= 0.3 is 0 Å². The minimum atomic E-state index is 0.156. The fourth-order valence-electron chi connectivity index (χ4n) is 1.50. The molecule has 3 heteroatoms. The summed E-state index contributed by atoms with van der Waals surface area (Å²) in [6.07, 6.45) is 0. The summed E-state index contributed by atoms with van der Waals surface area (Å²) in [5.74, 6) is 1.69. The summed E-state index contributed by atoms with van der Waals surface area (Å²) >= 11 is 4.19. The number of thiol groups is 1. The van der Waals surface area contributed by atoms with Crippen molar-refractivity contribution < 1.29 is 4.74 Å². The highest BCUT2D eigenvalue weighted by Gasteiger charge is 2.15. The Morgan fingerprint density at radius 2 is 2.00 bits per heavy atom. The normalized spacial score (nSPS) is 11.3. The number of rotatable bonds is 4. The molecule has 0 aliphatic carbocycles. The van der Waals surface area contributed by atoms with Crippen LogP contribution in [-0.2, 0) is 5.41 Å². The van der Waals surface area contributed by atoms with E-state index in [1.165, 1.54) is 5.56 Å². The van der Waals surface area contributed by atoms with Crippen LogP contribution in [0.15, 0.2) is 18.2 Å². The molecule has 90 valence electrons. The van der Waals surface area contributed by atoms with Gasteiger partial charge in [-0.15, -0.1) is 0 Å². The summed E-state index contributed by atoms with van der Waals surface area (Å²) in [6.45, 7) is 7.46. The second kappa shape index (κ2) is 5.48. The molecule has 1 aromatic rings. The SMILES string of the molecule is COc1ccc(C(C)(C)C)cc1NCCS. The highest BCUT2D eigenvalue weighted by Crippen LogP contribution is 2.31. The van der Waals surface area contributed by atoms with Crippen molar-refractivity contribution in [3.05, 3.63) is 23.8 Å². The molecule has 16 heavy (non-hydrogen) atoms. The van der Waals surface area contributed by atoms with E-state index < -0.39 is 0 Å². The number of nitrogens with one attached hydrogen (secondary N) is 1. The maximum atomic E-state index is 5.32. The lowest BCUT2D eigenvalue weighted by molar-refractivity contribution is 0.416. The van der Waals surface area contributed by atoms with E-state index in [2.05, 4.69) is 50.8 Å². The first-order valence-corrected chi connectivity index (χ1v) is 6.15. The summed E-state index contributed by atoms with van der Waals surface area (Å²) < 4.78 is 5.32. The van der Waals surface area contributed by atoms with Crippen LogP contribution in [0.5, 0.6) is 5.75 Å². The van der Waals surface area contributed by atoms with Crippen molar-refractivity contribution in [2.75, 3.05) is 24.7 Å². The highest BCUT2D eigenvalue weighted by atomic mass is 32.1. The summed E-state index contributed by atoms with van der Waals surface area (Å²) in [4.78, 5) is 0. The molecule has 0 aliphatic rings. The van der Waals surface area contributed by atoms with Gasteiger partial charge in [-0.1, -0.05) is 26.8 Å². The molecule has 0 unspecified atom stereocenters. The maximum Gasteiger partial charge on any atom is 0.141 e. The van der Waals surface area contributed by atoms with Crippen LogP contribution in [0.2, 0.25) is 0 Å². The second-order valence-corrected chi connectivity index (χ2v) is 5.26. The average molecular weight is 239 g/mol. The Labute approximate surface area is 104 Å². The number of hydrogen-bond donors (Lipinski definition) is 2. The van der Waals surface area contributed by atoms with Crippen molar-refractivity contribution in [2.24, 2.45) is 0 Å². The lowest BCUT2D eigenvalue weighted by atomic mass is 9.87. The minimum absolute atomic E-state index is 0.156. The highest BCUT2D eigenvalue weighted by molar-refractivity contribution is 7.80. The Bertz CT molecular complexity index is 344. The molecule has 0 radical (unpaired) electrons. The molecule has 0 atom stereocenters. The lowest BCUT2D eigenvalue weighted by Crippen LogP contribution is -2.12. The van der Waals surface area contributed by atoms with Crippen molar-refractivity contribution in [3.63, 3.8) is 0 Å². The van der Waals surface area contributed by atoms with E-state index in [1.807, 2.05) is 6.07 Å². The molecule has 0 amide bonds. The molecule has 0 spiro atoms. The van der Waals surface area contributed by atoms with Gasteiger partial charge in [0.1, 0.15) is 5.75 Å². The van der Waals surface area contributed by atoms with E-state index in [0.717, 1.165) is 23.7 Å². The Morgan fingerprint density at radius 3 is 2.50 bits per heavy atom. The monoisotopic (exact) mass is 239 g/mol. The first-order valence-electron chi connectivity index (χ1n) is 5.52. The van der Waals surface area contributed by atoms with Gasteiger partial charge in [-0.05, 0) is 23.1 Å². The third kappa shape index (κ3) is 3.34. The third-order valence-corrected chi connectivity index (χ3v) is 2.72. The standard InChI is InChI=1S/C13H21NOS/c1-13(2,3)10-5-6-12(15-4)11(9-10)14-7-8-16/h5-6,9,14,16H,7-8H2,1-4H3. The van der Waals surface area contributed by atoms with Crippen LogP contribution in [0, 0.1) is 0 Å². The van der Waals surface area contributed by atoms with Gasteiger partial charge in [-0.2, -0.15) is 12.6 Å². The Kier molecular flexibility index (Phi) is 4.54. The van der Waals surface area contributed by atoms with Gasteiger partial charge in [-0.25, -0.2) is 0 Å². The minimum Gasteiger partial charge on any atom is -0.495 e. The number of hydrogen-bond acceptors (Lipinski definition) is 3. The fraction of sp³-hybridized carbons (Fsp3) is 0.538. The van der Waals surface area contributed by atoms with E-state index >= 15 is 0 Å². The Balaban J connectivity index is 3.01. The Morgan fingerprint density at radius 1 is 1.31 bits per heavy atom. The molecule has 0 saturated heterocycles. The summed E-state index contributed by atoms with van der Waals surface area (Å²) in [5, 5.41) is 3.32. The lowest BCUT2D eigenvalue weighted by Gasteiger charge is -2.21. The molecule has 0 bridgehead atoms. The molecule has 0 aliphatic heterocycles. The zero-order chi connectivity index (χ0) is 12.2. The zero-order valence-corrected chi connectivity index (χ0v) is 11.4. The molecular formula is C13H21NOS. The second-order valence-electron chi connectivity index (χ2n) is 4.82. The smallest absolute Gasteiger partial charge is 0.141 e. The van der Waals surface area contributed by atoms with E-state index in [4.69, 9.17) is 4.74 Å².